The highest BCUT2D eigenvalue weighted by Gasteiger charge is 2.01. The van der Waals surface area contributed by atoms with Crippen LogP contribution in [0, 0.1) is 11.8 Å². The zero-order valence-corrected chi connectivity index (χ0v) is 12.1. The van der Waals surface area contributed by atoms with E-state index in [1.54, 1.807) is 42.6 Å². The molecule has 0 saturated carbocycles. The fraction of sp³-hybridized carbons (Fsp3) is 0.176. The largest absolute Gasteiger partial charge is 0.482 e. The minimum Gasteiger partial charge on any atom is -0.482 e. The van der Waals surface area contributed by atoms with E-state index in [1.165, 1.54) is 7.11 Å². The molecule has 0 aliphatic heterocycles. The summed E-state index contributed by atoms with van der Waals surface area (Å²) in [6.45, 7) is -0.232. The van der Waals surface area contributed by atoms with Crippen molar-refractivity contribution >= 4 is 5.97 Å². The van der Waals surface area contributed by atoms with Crippen molar-refractivity contribution in [3.8, 4) is 17.6 Å². The third-order valence-corrected chi connectivity index (χ3v) is 2.77. The van der Waals surface area contributed by atoms with Crippen LogP contribution in [0.1, 0.15) is 16.8 Å². The van der Waals surface area contributed by atoms with Crippen molar-refractivity contribution in [2.24, 2.45) is 0 Å². The summed E-state index contributed by atoms with van der Waals surface area (Å²) in [5, 5.41) is 9.03. The summed E-state index contributed by atoms with van der Waals surface area (Å²) in [5.41, 5.74) is 2.18. The van der Waals surface area contributed by atoms with E-state index in [9.17, 15) is 4.79 Å². The molecule has 5 heteroatoms. The van der Waals surface area contributed by atoms with Gasteiger partial charge in [-0.25, -0.2) is 4.79 Å². The van der Waals surface area contributed by atoms with Gasteiger partial charge in [0.25, 0.3) is 0 Å². The molecule has 5 nitrogen and oxygen atoms in total. The molecule has 0 unspecified atom stereocenters. The molecule has 0 saturated heterocycles. The van der Waals surface area contributed by atoms with Crippen LogP contribution in [0.25, 0.3) is 0 Å². The second kappa shape index (κ2) is 7.81. The Morgan fingerprint density at radius 1 is 1.18 bits per heavy atom. The number of hydrogen-bond donors (Lipinski definition) is 1. The Morgan fingerprint density at radius 3 is 2.59 bits per heavy atom. The quantitative estimate of drug-likeness (QED) is 0.684. The summed E-state index contributed by atoms with van der Waals surface area (Å²) in [6, 6.07) is 10.6. The number of esters is 1. The Kier molecular flexibility index (Phi) is 5.52. The standard InChI is InChI=1S/C17H15NO4/c1-21-17(20)12-22-16-6-4-13(5-7-16)2-3-14-8-9-18-15(10-14)11-19/h4-10,19H,11-12H2,1H3. The number of methoxy groups -OCH3 is 1. The first-order valence-corrected chi connectivity index (χ1v) is 6.59. The minimum absolute atomic E-state index is 0.109. The van der Waals surface area contributed by atoms with Crippen LogP contribution in [0.2, 0.25) is 0 Å². The molecule has 112 valence electrons. The van der Waals surface area contributed by atoms with Gasteiger partial charge in [-0.1, -0.05) is 11.8 Å². The van der Waals surface area contributed by atoms with Gasteiger partial charge in [-0.05, 0) is 36.4 Å². The minimum atomic E-state index is -0.429. The maximum Gasteiger partial charge on any atom is 0.343 e. The van der Waals surface area contributed by atoms with Gasteiger partial charge in [-0.3, -0.25) is 4.98 Å². The number of aromatic nitrogens is 1. The number of hydrogen-bond acceptors (Lipinski definition) is 5. The smallest absolute Gasteiger partial charge is 0.343 e. The zero-order chi connectivity index (χ0) is 15.8. The molecule has 0 aliphatic carbocycles. The Labute approximate surface area is 128 Å². The number of aliphatic hydroxyl groups excluding tert-OH is 1. The van der Waals surface area contributed by atoms with E-state index in [0.29, 0.717) is 11.4 Å². The number of nitrogens with zero attached hydrogens (tertiary/aromatic N) is 1. The molecule has 1 aromatic heterocycles. The highest BCUT2D eigenvalue weighted by Crippen LogP contribution is 2.11. The molecule has 0 spiro atoms. The van der Waals surface area contributed by atoms with Crippen LogP contribution in [-0.2, 0) is 16.1 Å². The van der Waals surface area contributed by atoms with Crippen LogP contribution in [0.15, 0.2) is 42.6 Å². The molecular formula is C17H15NO4. The molecule has 0 radical (unpaired) electrons. The third-order valence-electron chi connectivity index (χ3n) is 2.77. The van der Waals surface area contributed by atoms with Crippen molar-refractivity contribution in [2.75, 3.05) is 13.7 Å². The van der Waals surface area contributed by atoms with Crippen molar-refractivity contribution in [3.63, 3.8) is 0 Å². The van der Waals surface area contributed by atoms with E-state index >= 15 is 0 Å². The van der Waals surface area contributed by atoms with Crippen molar-refractivity contribution in [2.45, 2.75) is 6.61 Å². The van der Waals surface area contributed by atoms with Gasteiger partial charge in [0.2, 0.25) is 0 Å². The molecule has 22 heavy (non-hydrogen) atoms. The van der Waals surface area contributed by atoms with Gasteiger partial charge in [-0.15, -0.1) is 0 Å². The maximum atomic E-state index is 11.0. The average molecular weight is 297 g/mol. The topological polar surface area (TPSA) is 68.7 Å². The van der Waals surface area contributed by atoms with Crippen LogP contribution in [0.5, 0.6) is 5.75 Å². The maximum absolute atomic E-state index is 11.0. The van der Waals surface area contributed by atoms with Crippen molar-refractivity contribution in [3.05, 3.63) is 59.4 Å². The lowest BCUT2D eigenvalue weighted by atomic mass is 10.2. The Balaban J connectivity index is 2.02. The van der Waals surface area contributed by atoms with E-state index in [2.05, 4.69) is 21.6 Å². The molecule has 2 aromatic rings. The molecule has 0 bridgehead atoms. The van der Waals surface area contributed by atoms with Crippen LogP contribution < -0.4 is 4.74 Å². The first-order valence-electron chi connectivity index (χ1n) is 6.59. The second-order valence-electron chi connectivity index (χ2n) is 4.33. The summed E-state index contributed by atoms with van der Waals surface area (Å²) in [6.07, 6.45) is 1.61. The summed E-state index contributed by atoms with van der Waals surface area (Å²) in [5.74, 6) is 6.15. The van der Waals surface area contributed by atoms with Crippen LogP contribution in [0.3, 0.4) is 0 Å². The fourth-order valence-electron chi connectivity index (χ4n) is 1.62. The van der Waals surface area contributed by atoms with Gasteiger partial charge >= 0.3 is 5.97 Å². The molecule has 0 atom stereocenters. The number of rotatable bonds is 4. The molecule has 1 aromatic carbocycles. The van der Waals surface area contributed by atoms with Crippen molar-refractivity contribution in [1.29, 1.82) is 0 Å². The Bertz CT molecular complexity index is 699. The number of benzene rings is 1. The van der Waals surface area contributed by atoms with Gasteiger partial charge < -0.3 is 14.6 Å². The molecule has 1 N–H and O–H groups in total. The number of pyridine rings is 1. The summed E-state index contributed by atoms with van der Waals surface area (Å²) >= 11 is 0. The molecule has 1 heterocycles. The second-order valence-corrected chi connectivity index (χ2v) is 4.33. The van der Waals surface area contributed by atoms with E-state index in [-0.39, 0.29) is 13.2 Å². The van der Waals surface area contributed by atoms with E-state index in [1.807, 2.05) is 0 Å². The van der Waals surface area contributed by atoms with Crippen LogP contribution in [-0.4, -0.2) is 29.8 Å². The van der Waals surface area contributed by atoms with Crippen molar-refractivity contribution < 1.29 is 19.4 Å². The highest BCUT2D eigenvalue weighted by atomic mass is 16.6. The van der Waals surface area contributed by atoms with E-state index < -0.39 is 5.97 Å². The normalized spacial score (nSPS) is 9.55. The number of aliphatic hydroxyl groups is 1. The average Bonchev–Trinajstić information content (AvgIpc) is 2.58. The molecule has 2 rings (SSSR count). The fourth-order valence-corrected chi connectivity index (χ4v) is 1.62. The summed E-state index contributed by atoms with van der Waals surface area (Å²) in [4.78, 5) is 15.0. The first-order chi connectivity index (χ1) is 10.7. The third kappa shape index (κ3) is 4.62. The molecule has 0 amide bonds. The van der Waals surface area contributed by atoms with Crippen LogP contribution >= 0.6 is 0 Å². The number of carbonyl (C=O) groups is 1. The Morgan fingerprint density at radius 2 is 1.91 bits per heavy atom. The zero-order valence-electron chi connectivity index (χ0n) is 12.1. The van der Waals surface area contributed by atoms with Gasteiger partial charge in [0.1, 0.15) is 5.75 Å². The van der Waals surface area contributed by atoms with Gasteiger partial charge in [0.15, 0.2) is 6.61 Å². The lowest BCUT2D eigenvalue weighted by Crippen LogP contribution is -2.12. The van der Waals surface area contributed by atoms with Crippen molar-refractivity contribution in [1.82, 2.24) is 4.98 Å². The van der Waals surface area contributed by atoms with Gasteiger partial charge in [0, 0.05) is 17.3 Å². The predicted molar refractivity (Wildman–Crippen MR) is 80.1 cm³/mol. The molecule has 0 fully saturated rings. The lowest BCUT2D eigenvalue weighted by molar-refractivity contribution is -0.142. The molecular weight excluding hydrogens is 282 g/mol. The monoisotopic (exact) mass is 297 g/mol. The number of carbonyl (C=O) groups excluding carboxylic acids is 1. The first kappa shape index (κ1) is 15.5. The van der Waals surface area contributed by atoms with E-state index in [4.69, 9.17) is 9.84 Å². The van der Waals surface area contributed by atoms with Gasteiger partial charge in [0.05, 0.1) is 19.4 Å². The summed E-state index contributed by atoms with van der Waals surface area (Å²) in [7, 11) is 1.31. The lowest BCUT2D eigenvalue weighted by Gasteiger charge is -2.04. The Hall–Kier alpha value is -2.84. The van der Waals surface area contributed by atoms with Gasteiger partial charge in [-0.2, -0.15) is 0 Å². The predicted octanol–water partition coefficient (Wildman–Crippen LogP) is 1.53. The highest BCUT2D eigenvalue weighted by molar-refractivity contribution is 5.70. The number of ether oxygens (including phenoxy) is 2. The summed E-state index contributed by atoms with van der Waals surface area (Å²) < 4.78 is 9.74. The SMILES string of the molecule is COC(=O)COc1ccc(C#Cc2ccnc(CO)c2)cc1. The van der Waals surface area contributed by atoms with E-state index in [0.717, 1.165) is 11.1 Å². The van der Waals surface area contributed by atoms with Crippen LogP contribution in [0.4, 0.5) is 0 Å². The molecule has 0 aliphatic rings.